The van der Waals surface area contributed by atoms with Crippen LogP contribution < -0.4 is 11.1 Å². The molecule has 2 unspecified atom stereocenters. The van der Waals surface area contributed by atoms with E-state index >= 15 is 0 Å². The maximum Gasteiger partial charge on any atom is 0.0115 e. The quantitative estimate of drug-likeness (QED) is 0.512. The Labute approximate surface area is 61.6 Å². The first-order valence-corrected chi connectivity index (χ1v) is 3.30. The van der Waals surface area contributed by atoms with Gasteiger partial charge in [-0.15, -0.1) is 12.4 Å². The predicted molar refractivity (Wildman–Crippen MR) is 39.8 cm³/mol. The van der Waals surface area contributed by atoms with Crippen LogP contribution in [0.4, 0.5) is 0 Å². The summed E-state index contributed by atoms with van der Waals surface area (Å²) in [5.74, 6) is 0. The Bertz CT molecular complexity index is 110. The second-order valence-electron chi connectivity index (χ2n) is 3.10. The van der Waals surface area contributed by atoms with Crippen LogP contribution in [0.25, 0.3) is 0 Å². The molecule has 2 fully saturated rings. The molecule has 9 heavy (non-hydrogen) atoms. The number of hydrogen-bond donors (Lipinski definition) is 2. The van der Waals surface area contributed by atoms with Crippen LogP contribution in [-0.4, -0.2) is 19.1 Å². The van der Waals surface area contributed by atoms with Gasteiger partial charge in [-0.25, -0.2) is 0 Å². The fraction of sp³-hybridized carbons (Fsp3) is 1.00. The minimum atomic E-state index is 0. The molecule has 2 aliphatic rings. The van der Waals surface area contributed by atoms with Crippen molar-refractivity contribution in [1.29, 1.82) is 0 Å². The van der Waals surface area contributed by atoms with Crippen molar-refractivity contribution in [2.45, 2.75) is 18.9 Å². The van der Waals surface area contributed by atoms with Crippen molar-refractivity contribution in [1.82, 2.24) is 5.32 Å². The zero-order valence-electron chi connectivity index (χ0n) is 5.39. The van der Waals surface area contributed by atoms with Gasteiger partial charge in [-0.3, -0.25) is 0 Å². The highest BCUT2D eigenvalue weighted by Crippen LogP contribution is 2.48. The van der Waals surface area contributed by atoms with E-state index in [4.69, 9.17) is 5.73 Å². The molecule has 1 spiro atoms. The summed E-state index contributed by atoms with van der Waals surface area (Å²) in [6, 6.07) is 0.525. The number of hydrogen-bond acceptors (Lipinski definition) is 2. The summed E-state index contributed by atoms with van der Waals surface area (Å²) in [6.07, 6.45) is 2.58. The fourth-order valence-corrected chi connectivity index (χ4v) is 1.63. The van der Waals surface area contributed by atoms with E-state index in [1.807, 2.05) is 0 Å². The highest BCUT2D eigenvalue weighted by Gasteiger charge is 2.52. The van der Waals surface area contributed by atoms with Gasteiger partial charge >= 0.3 is 0 Å². The van der Waals surface area contributed by atoms with Crippen LogP contribution in [0.5, 0.6) is 0 Å². The summed E-state index contributed by atoms with van der Waals surface area (Å²) in [5.41, 5.74) is 6.29. The molecule has 1 saturated heterocycles. The summed E-state index contributed by atoms with van der Waals surface area (Å²) in [6.45, 7) is 2.36. The molecule has 3 N–H and O–H groups in total. The molecule has 0 aromatic rings. The Morgan fingerprint density at radius 3 is 2.44 bits per heavy atom. The maximum atomic E-state index is 5.72. The van der Waals surface area contributed by atoms with Crippen molar-refractivity contribution >= 4 is 12.4 Å². The van der Waals surface area contributed by atoms with Gasteiger partial charge in [0.1, 0.15) is 0 Å². The van der Waals surface area contributed by atoms with Crippen molar-refractivity contribution in [2.24, 2.45) is 11.1 Å². The summed E-state index contributed by atoms with van der Waals surface area (Å²) in [4.78, 5) is 0. The molecule has 0 aromatic carbocycles. The van der Waals surface area contributed by atoms with E-state index in [-0.39, 0.29) is 12.4 Å². The summed E-state index contributed by atoms with van der Waals surface area (Å²) >= 11 is 0. The molecular weight excluding hydrogens is 136 g/mol. The number of nitrogens with two attached hydrogens (primary N) is 1. The normalized spacial score (nSPS) is 47.0. The zero-order chi connectivity index (χ0) is 5.61. The van der Waals surface area contributed by atoms with Crippen LogP contribution in [0, 0.1) is 5.41 Å². The van der Waals surface area contributed by atoms with E-state index in [0.717, 1.165) is 0 Å². The summed E-state index contributed by atoms with van der Waals surface area (Å²) in [7, 11) is 0. The molecule has 0 bridgehead atoms. The highest BCUT2D eigenvalue weighted by atomic mass is 35.5. The molecule has 2 atom stereocenters. The molecule has 0 amide bonds. The van der Waals surface area contributed by atoms with Gasteiger partial charge in [0.25, 0.3) is 0 Å². The molecule has 0 aromatic heterocycles. The Morgan fingerprint density at radius 2 is 2.22 bits per heavy atom. The van der Waals surface area contributed by atoms with Crippen LogP contribution >= 0.6 is 12.4 Å². The van der Waals surface area contributed by atoms with Crippen LogP contribution in [0.15, 0.2) is 0 Å². The Morgan fingerprint density at radius 1 is 1.56 bits per heavy atom. The number of nitrogens with one attached hydrogen (secondary N) is 1. The molecule has 1 heterocycles. The van der Waals surface area contributed by atoms with Crippen molar-refractivity contribution in [2.75, 3.05) is 13.1 Å². The predicted octanol–water partition coefficient (Wildman–Crippen LogP) is 0.119. The molecule has 0 radical (unpaired) electrons. The van der Waals surface area contributed by atoms with Crippen LogP contribution in [0.1, 0.15) is 12.8 Å². The van der Waals surface area contributed by atoms with Crippen molar-refractivity contribution < 1.29 is 0 Å². The van der Waals surface area contributed by atoms with Gasteiger partial charge in [0.2, 0.25) is 0 Å². The molecule has 2 rings (SSSR count). The second-order valence-corrected chi connectivity index (χ2v) is 3.10. The highest BCUT2D eigenvalue weighted by molar-refractivity contribution is 5.85. The van der Waals surface area contributed by atoms with Gasteiger partial charge in [0, 0.05) is 18.0 Å². The van der Waals surface area contributed by atoms with Crippen molar-refractivity contribution in [3.8, 4) is 0 Å². The number of rotatable bonds is 0. The topological polar surface area (TPSA) is 38.0 Å². The van der Waals surface area contributed by atoms with Gasteiger partial charge in [0.15, 0.2) is 0 Å². The first-order valence-electron chi connectivity index (χ1n) is 3.30. The molecule has 2 nitrogen and oxygen atoms in total. The lowest BCUT2D eigenvalue weighted by Crippen LogP contribution is -2.16. The summed E-state index contributed by atoms with van der Waals surface area (Å²) < 4.78 is 0. The Kier molecular flexibility index (Phi) is 1.72. The van der Waals surface area contributed by atoms with Gasteiger partial charge in [-0.2, -0.15) is 0 Å². The van der Waals surface area contributed by atoms with E-state index < -0.39 is 0 Å². The smallest absolute Gasteiger partial charge is 0.0115 e. The lowest BCUT2D eigenvalue weighted by Gasteiger charge is -2.00. The monoisotopic (exact) mass is 148 g/mol. The first-order chi connectivity index (χ1) is 3.83. The van der Waals surface area contributed by atoms with Crippen LogP contribution in [-0.2, 0) is 0 Å². The fourth-order valence-electron chi connectivity index (χ4n) is 1.63. The first kappa shape index (κ1) is 7.32. The Hall–Kier alpha value is 0.210. The number of halogens is 1. The molecular formula is C6H13ClN2. The molecule has 54 valence electrons. The van der Waals surface area contributed by atoms with E-state index in [1.54, 1.807) is 0 Å². The SMILES string of the molecule is Cl.NC1CC12CCNC2. The van der Waals surface area contributed by atoms with Crippen LogP contribution in [0.3, 0.4) is 0 Å². The molecule has 1 aliphatic heterocycles. The van der Waals surface area contributed by atoms with Gasteiger partial charge in [-0.05, 0) is 19.4 Å². The average molecular weight is 149 g/mol. The van der Waals surface area contributed by atoms with Crippen LogP contribution in [0.2, 0.25) is 0 Å². The summed E-state index contributed by atoms with van der Waals surface area (Å²) in [5, 5.41) is 3.33. The zero-order valence-corrected chi connectivity index (χ0v) is 6.21. The second kappa shape index (κ2) is 2.11. The minimum absolute atomic E-state index is 0. The van der Waals surface area contributed by atoms with Crippen molar-refractivity contribution in [3.63, 3.8) is 0 Å². The third-order valence-corrected chi connectivity index (χ3v) is 2.53. The maximum absolute atomic E-state index is 5.72. The molecule has 1 aliphatic carbocycles. The standard InChI is InChI=1S/C6H12N2.ClH/c7-5-3-6(5)1-2-8-4-6;/h5,8H,1-4,7H2;1H. The molecule has 1 saturated carbocycles. The van der Waals surface area contributed by atoms with E-state index in [2.05, 4.69) is 5.32 Å². The third-order valence-electron chi connectivity index (χ3n) is 2.53. The van der Waals surface area contributed by atoms with E-state index in [0.29, 0.717) is 11.5 Å². The third kappa shape index (κ3) is 0.955. The largest absolute Gasteiger partial charge is 0.327 e. The van der Waals surface area contributed by atoms with E-state index in [1.165, 1.54) is 25.9 Å². The lowest BCUT2D eigenvalue weighted by atomic mass is 10.1. The Balaban J connectivity index is 0.000000405. The molecule has 3 heteroatoms. The van der Waals surface area contributed by atoms with Gasteiger partial charge in [-0.1, -0.05) is 0 Å². The average Bonchev–Trinajstić information content (AvgIpc) is 2.29. The lowest BCUT2D eigenvalue weighted by molar-refractivity contribution is 0.547. The minimum Gasteiger partial charge on any atom is -0.327 e. The van der Waals surface area contributed by atoms with E-state index in [9.17, 15) is 0 Å². The van der Waals surface area contributed by atoms with Gasteiger partial charge < -0.3 is 11.1 Å². The van der Waals surface area contributed by atoms with Gasteiger partial charge in [0.05, 0.1) is 0 Å². The van der Waals surface area contributed by atoms with Crippen molar-refractivity contribution in [3.05, 3.63) is 0 Å².